The molecular formula is C8H20O5P2S4. The summed E-state index contributed by atoms with van der Waals surface area (Å²) in [4.78, 5) is 0. The molecule has 0 radical (unpaired) electrons. The van der Waals surface area contributed by atoms with Crippen molar-refractivity contribution in [3.8, 4) is 0 Å². The molecule has 0 aliphatic heterocycles. The van der Waals surface area contributed by atoms with Gasteiger partial charge in [-0.1, -0.05) is 24.5 Å². The summed E-state index contributed by atoms with van der Waals surface area (Å²) in [6.45, 7) is 4.36. The maximum Gasteiger partial charge on any atom is 0.244 e. The number of ether oxygens (including phenoxy) is 1. The van der Waals surface area contributed by atoms with Crippen LogP contribution in [0.1, 0.15) is 13.8 Å². The van der Waals surface area contributed by atoms with Gasteiger partial charge in [0.1, 0.15) is 0 Å². The highest BCUT2D eigenvalue weighted by Gasteiger charge is 2.18. The predicted molar refractivity (Wildman–Crippen MR) is 92.5 cm³/mol. The Labute approximate surface area is 135 Å². The van der Waals surface area contributed by atoms with Crippen LogP contribution in [0.3, 0.4) is 0 Å². The maximum atomic E-state index is 5.55. The van der Waals surface area contributed by atoms with Gasteiger partial charge < -0.3 is 22.8 Å². The summed E-state index contributed by atoms with van der Waals surface area (Å²) in [6.07, 6.45) is -0.372. The van der Waals surface area contributed by atoms with Gasteiger partial charge in [-0.2, -0.15) is 0 Å². The molecular weight excluding hydrogens is 366 g/mol. The lowest BCUT2D eigenvalue weighted by atomic mass is 10.4. The number of rotatable bonds is 10. The lowest BCUT2D eigenvalue weighted by Crippen LogP contribution is -2.22. The normalized spacial score (nSPS) is 21.4. The van der Waals surface area contributed by atoms with Gasteiger partial charge in [-0.15, -0.1) is 0 Å². The predicted octanol–water partition coefficient (Wildman–Crippen LogP) is 3.41. The van der Waals surface area contributed by atoms with Crippen LogP contribution in [0.15, 0.2) is 0 Å². The van der Waals surface area contributed by atoms with Gasteiger partial charge in [0.05, 0.1) is 25.4 Å². The first kappa shape index (κ1) is 20.8. The third-order valence-electron chi connectivity index (χ3n) is 1.86. The number of hydrogen-bond acceptors (Lipinski definition) is 7. The number of thiol groups is 2. The molecule has 0 fully saturated rings. The minimum absolute atomic E-state index is 0.156. The van der Waals surface area contributed by atoms with Crippen LogP contribution < -0.4 is 0 Å². The van der Waals surface area contributed by atoms with E-state index in [1.165, 1.54) is 14.2 Å². The molecule has 0 aromatic carbocycles. The van der Waals surface area contributed by atoms with E-state index in [1.54, 1.807) is 0 Å². The summed E-state index contributed by atoms with van der Waals surface area (Å²) < 4.78 is 26.3. The van der Waals surface area contributed by atoms with Gasteiger partial charge in [0.25, 0.3) is 0 Å². The molecule has 0 rings (SSSR count). The van der Waals surface area contributed by atoms with Crippen molar-refractivity contribution in [3.63, 3.8) is 0 Å². The monoisotopic (exact) mass is 386 g/mol. The molecule has 0 aromatic rings. The van der Waals surface area contributed by atoms with Gasteiger partial charge in [-0.3, -0.25) is 0 Å². The molecule has 116 valence electrons. The Morgan fingerprint density at radius 1 is 0.947 bits per heavy atom. The van der Waals surface area contributed by atoms with Crippen LogP contribution in [0.4, 0.5) is 0 Å². The van der Waals surface area contributed by atoms with Gasteiger partial charge >= 0.3 is 0 Å². The fraction of sp³-hybridized carbons (Fsp3) is 1.00. The van der Waals surface area contributed by atoms with Crippen LogP contribution in [0.2, 0.25) is 0 Å². The van der Waals surface area contributed by atoms with Gasteiger partial charge in [0.15, 0.2) is 0 Å². The summed E-state index contributed by atoms with van der Waals surface area (Å²) in [6, 6.07) is 0. The van der Waals surface area contributed by atoms with Crippen LogP contribution >= 0.6 is 35.9 Å². The van der Waals surface area contributed by atoms with Gasteiger partial charge in [0.2, 0.25) is 11.4 Å². The minimum atomic E-state index is -2.46. The quantitative estimate of drug-likeness (QED) is 0.441. The Kier molecular flexibility index (Phi) is 10.7. The lowest BCUT2D eigenvalue weighted by Gasteiger charge is -2.22. The molecule has 4 unspecified atom stereocenters. The first-order valence-electron chi connectivity index (χ1n) is 5.33. The Morgan fingerprint density at radius 2 is 1.47 bits per heavy atom. The second kappa shape index (κ2) is 9.74. The first-order valence-corrected chi connectivity index (χ1v) is 12.9. The van der Waals surface area contributed by atoms with Crippen LogP contribution in [0.5, 0.6) is 0 Å². The second-order valence-electron chi connectivity index (χ2n) is 3.66. The molecule has 11 heteroatoms. The van der Waals surface area contributed by atoms with Crippen LogP contribution in [0, 0.1) is 0 Å². The Balaban J connectivity index is 3.94. The van der Waals surface area contributed by atoms with E-state index in [9.17, 15) is 0 Å². The summed E-state index contributed by atoms with van der Waals surface area (Å²) >= 11 is 18.3. The molecule has 0 aromatic heterocycles. The lowest BCUT2D eigenvalue weighted by molar-refractivity contribution is -0.00491. The molecule has 0 saturated carbocycles. The second-order valence-corrected chi connectivity index (χ2v) is 14.4. The van der Waals surface area contributed by atoms with E-state index in [0.29, 0.717) is 13.2 Å². The minimum Gasteiger partial charge on any atom is -0.373 e. The highest BCUT2D eigenvalue weighted by atomic mass is 32.9. The average molecular weight is 386 g/mol. The van der Waals surface area contributed by atoms with Crippen molar-refractivity contribution in [2.75, 3.05) is 27.4 Å². The summed E-state index contributed by atoms with van der Waals surface area (Å²) in [7, 11) is 2.95. The fourth-order valence-electron chi connectivity index (χ4n) is 0.901. The van der Waals surface area contributed by atoms with Crippen LogP contribution in [-0.2, 0) is 46.4 Å². The van der Waals surface area contributed by atoms with E-state index in [4.69, 9.17) is 46.4 Å². The molecule has 0 heterocycles. The summed E-state index contributed by atoms with van der Waals surface area (Å²) in [5.41, 5.74) is -4.90. The van der Waals surface area contributed by atoms with Crippen molar-refractivity contribution < 1.29 is 22.8 Å². The molecule has 0 amide bonds. The topological polar surface area (TPSA) is 46.2 Å². The standard InChI is InChI=1S/C8H20O5P2S4/c1-7(6-12-14(16,17)9-3)11-5-8(2)13-15(18,19)10-4/h7-8H,5-6H2,1-4H3,(H,16,17)(H,18,19). The molecule has 0 spiro atoms. The van der Waals surface area contributed by atoms with E-state index in [-0.39, 0.29) is 12.2 Å². The van der Waals surface area contributed by atoms with Crippen molar-refractivity contribution in [1.29, 1.82) is 0 Å². The van der Waals surface area contributed by atoms with Gasteiger partial charge in [-0.25, -0.2) is 0 Å². The van der Waals surface area contributed by atoms with Crippen LogP contribution in [-0.4, -0.2) is 39.6 Å². The van der Waals surface area contributed by atoms with Crippen molar-refractivity contribution >= 4 is 59.5 Å². The third kappa shape index (κ3) is 11.1. The van der Waals surface area contributed by atoms with Crippen molar-refractivity contribution in [1.82, 2.24) is 0 Å². The molecule has 0 N–H and O–H groups in total. The Hall–Kier alpha value is 1.80. The van der Waals surface area contributed by atoms with E-state index < -0.39 is 11.4 Å². The molecule has 0 bridgehead atoms. The van der Waals surface area contributed by atoms with E-state index in [1.807, 2.05) is 13.8 Å². The van der Waals surface area contributed by atoms with Crippen molar-refractivity contribution in [3.05, 3.63) is 0 Å². The zero-order chi connectivity index (χ0) is 15.1. The zero-order valence-electron chi connectivity index (χ0n) is 11.2. The molecule has 4 atom stereocenters. The molecule has 0 saturated heterocycles. The van der Waals surface area contributed by atoms with E-state index >= 15 is 0 Å². The van der Waals surface area contributed by atoms with Crippen molar-refractivity contribution in [2.45, 2.75) is 26.1 Å². The van der Waals surface area contributed by atoms with Gasteiger partial charge in [-0.05, 0) is 37.5 Å². The summed E-state index contributed by atoms with van der Waals surface area (Å²) in [5, 5.41) is 0. The molecule has 19 heavy (non-hydrogen) atoms. The summed E-state index contributed by atoms with van der Waals surface area (Å²) in [5.74, 6) is 0. The third-order valence-corrected chi connectivity index (χ3v) is 6.96. The fourth-order valence-corrected chi connectivity index (χ4v) is 3.31. The Bertz CT molecular complexity index is 356. The van der Waals surface area contributed by atoms with E-state index in [2.05, 4.69) is 24.5 Å². The van der Waals surface area contributed by atoms with Crippen molar-refractivity contribution in [2.24, 2.45) is 0 Å². The Morgan fingerprint density at radius 3 is 1.95 bits per heavy atom. The van der Waals surface area contributed by atoms with E-state index in [0.717, 1.165) is 0 Å². The average Bonchev–Trinajstić information content (AvgIpc) is 2.33. The highest BCUT2D eigenvalue weighted by Crippen LogP contribution is 2.53. The first-order chi connectivity index (χ1) is 8.62. The zero-order valence-corrected chi connectivity index (χ0v) is 16.4. The molecule has 0 aliphatic rings. The maximum absolute atomic E-state index is 5.55. The molecule has 5 nitrogen and oxygen atoms in total. The highest BCUT2D eigenvalue weighted by molar-refractivity contribution is 8.60. The smallest absolute Gasteiger partial charge is 0.244 e. The molecule has 0 aliphatic carbocycles. The SMILES string of the molecule is COP(=S)(S)OCC(C)OCC(C)OP(=S)(S)OC. The number of hydrogen-bond donors (Lipinski definition) is 2. The van der Waals surface area contributed by atoms with Gasteiger partial charge in [0, 0.05) is 14.2 Å². The largest absolute Gasteiger partial charge is 0.373 e. The van der Waals surface area contributed by atoms with Crippen LogP contribution in [0.25, 0.3) is 0 Å².